The van der Waals surface area contributed by atoms with Crippen molar-refractivity contribution in [2.45, 2.75) is 37.5 Å². The van der Waals surface area contributed by atoms with Gasteiger partial charge in [-0.2, -0.15) is 11.8 Å². The molecule has 1 amide bonds. The van der Waals surface area contributed by atoms with Crippen molar-refractivity contribution in [2.75, 3.05) is 12.8 Å². The van der Waals surface area contributed by atoms with E-state index in [1.807, 2.05) is 29.8 Å². The standard InChI is InChI=1S/C15H21NOS/c1-15(2)10-14(17)16(3)13(11-18-15)9-12-7-5-4-6-8-12/h4-8,13H,9-11H2,1-3H3. The van der Waals surface area contributed by atoms with Crippen molar-refractivity contribution >= 4 is 17.7 Å². The highest BCUT2D eigenvalue weighted by molar-refractivity contribution is 8.00. The molecule has 2 rings (SSSR count). The fraction of sp³-hybridized carbons (Fsp3) is 0.533. The molecular formula is C15H21NOS. The first-order chi connectivity index (χ1) is 8.48. The maximum atomic E-state index is 12.1. The number of nitrogens with zero attached hydrogens (tertiary/aromatic N) is 1. The van der Waals surface area contributed by atoms with Gasteiger partial charge in [-0.15, -0.1) is 0 Å². The summed E-state index contributed by atoms with van der Waals surface area (Å²) in [6.07, 6.45) is 1.59. The SMILES string of the molecule is CN1C(=O)CC(C)(C)SCC1Cc1ccccc1. The Morgan fingerprint density at radius 2 is 2.00 bits per heavy atom. The van der Waals surface area contributed by atoms with Crippen molar-refractivity contribution in [3.05, 3.63) is 35.9 Å². The first kappa shape index (κ1) is 13.5. The molecule has 18 heavy (non-hydrogen) atoms. The summed E-state index contributed by atoms with van der Waals surface area (Å²) in [5.74, 6) is 1.29. The molecule has 1 heterocycles. The summed E-state index contributed by atoms with van der Waals surface area (Å²) in [6.45, 7) is 4.32. The average molecular weight is 263 g/mol. The van der Waals surface area contributed by atoms with E-state index in [1.165, 1.54) is 5.56 Å². The fourth-order valence-corrected chi connectivity index (χ4v) is 3.47. The number of hydrogen-bond donors (Lipinski definition) is 0. The monoisotopic (exact) mass is 263 g/mol. The average Bonchev–Trinajstić information content (AvgIpc) is 2.42. The lowest BCUT2D eigenvalue weighted by Crippen LogP contribution is -2.39. The van der Waals surface area contributed by atoms with Gasteiger partial charge in [-0.25, -0.2) is 0 Å². The molecule has 1 unspecified atom stereocenters. The van der Waals surface area contributed by atoms with Crippen molar-refractivity contribution in [3.8, 4) is 0 Å². The number of thioether (sulfide) groups is 1. The number of hydrogen-bond acceptors (Lipinski definition) is 2. The first-order valence-corrected chi connectivity index (χ1v) is 7.40. The number of amides is 1. The molecule has 1 aliphatic heterocycles. The van der Waals surface area contributed by atoms with Crippen molar-refractivity contribution in [2.24, 2.45) is 0 Å². The zero-order valence-electron chi connectivity index (χ0n) is 11.3. The van der Waals surface area contributed by atoms with Crippen LogP contribution in [0, 0.1) is 0 Å². The number of likely N-dealkylation sites (N-methyl/N-ethyl adjacent to an activating group) is 1. The summed E-state index contributed by atoms with van der Waals surface area (Å²) < 4.78 is 0.0663. The predicted molar refractivity (Wildman–Crippen MR) is 77.9 cm³/mol. The second-order valence-electron chi connectivity index (χ2n) is 5.60. The molecule has 0 aromatic heterocycles. The topological polar surface area (TPSA) is 20.3 Å². The van der Waals surface area contributed by atoms with Gasteiger partial charge in [0.15, 0.2) is 0 Å². The third-order valence-corrected chi connectivity index (χ3v) is 4.98. The lowest BCUT2D eigenvalue weighted by atomic mass is 10.0. The third kappa shape index (κ3) is 3.29. The first-order valence-electron chi connectivity index (χ1n) is 6.41. The zero-order valence-corrected chi connectivity index (χ0v) is 12.2. The van der Waals surface area contributed by atoms with E-state index in [4.69, 9.17) is 0 Å². The highest BCUT2D eigenvalue weighted by Crippen LogP contribution is 2.33. The Morgan fingerprint density at radius 3 is 2.67 bits per heavy atom. The second kappa shape index (κ2) is 5.35. The van der Waals surface area contributed by atoms with Crippen LogP contribution >= 0.6 is 11.8 Å². The van der Waals surface area contributed by atoms with Crippen LogP contribution < -0.4 is 0 Å². The van der Waals surface area contributed by atoms with Gasteiger partial charge in [0.1, 0.15) is 0 Å². The van der Waals surface area contributed by atoms with Crippen LogP contribution in [-0.4, -0.2) is 34.4 Å². The number of carbonyl (C=O) groups is 1. The quantitative estimate of drug-likeness (QED) is 0.817. The number of rotatable bonds is 2. The second-order valence-corrected chi connectivity index (χ2v) is 7.32. The van der Waals surface area contributed by atoms with Crippen molar-refractivity contribution < 1.29 is 4.79 Å². The molecule has 1 aromatic rings. The van der Waals surface area contributed by atoms with Crippen LogP contribution in [0.3, 0.4) is 0 Å². The molecule has 1 atom stereocenters. The zero-order chi connectivity index (χ0) is 13.2. The summed E-state index contributed by atoms with van der Waals surface area (Å²) in [5, 5.41) is 0. The third-order valence-electron chi connectivity index (χ3n) is 3.50. The molecule has 0 bridgehead atoms. The molecule has 1 fully saturated rings. The molecule has 3 heteroatoms. The Hall–Kier alpha value is -0.960. The molecule has 2 nitrogen and oxygen atoms in total. The van der Waals surface area contributed by atoms with Gasteiger partial charge in [0.05, 0.1) is 0 Å². The van der Waals surface area contributed by atoms with Crippen molar-refractivity contribution in [1.82, 2.24) is 4.90 Å². The van der Waals surface area contributed by atoms with Crippen LogP contribution in [0.5, 0.6) is 0 Å². The van der Waals surface area contributed by atoms with E-state index in [-0.39, 0.29) is 10.7 Å². The van der Waals surface area contributed by atoms with Gasteiger partial charge in [-0.05, 0) is 12.0 Å². The van der Waals surface area contributed by atoms with Gasteiger partial charge in [-0.3, -0.25) is 4.79 Å². The molecule has 0 saturated carbocycles. The van der Waals surface area contributed by atoms with Crippen molar-refractivity contribution in [3.63, 3.8) is 0 Å². The Morgan fingerprint density at radius 1 is 1.33 bits per heavy atom. The van der Waals surface area contributed by atoms with E-state index < -0.39 is 0 Å². The highest BCUT2D eigenvalue weighted by atomic mass is 32.2. The van der Waals surface area contributed by atoms with Gasteiger partial charge in [-0.1, -0.05) is 44.2 Å². The maximum absolute atomic E-state index is 12.1. The minimum Gasteiger partial charge on any atom is -0.342 e. The smallest absolute Gasteiger partial charge is 0.223 e. The van der Waals surface area contributed by atoms with E-state index in [0.717, 1.165) is 12.2 Å². The molecular weight excluding hydrogens is 242 g/mol. The minimum absolute atomic E-state index is 0.0663. The van der Waals surface area contributed by atoms with E-state index >= 15 is 0 Å². The van der Waals surface area contributed by atoms with Crippen molar-refractivity contribution in [1.29, 1.82) is 0 Å². The summed E-state index contributed by atoms with van der Waals surface area (Å²) in [6, 6.07) is 10.7. The summed E-state index contributed by atoms with van der Waals surface area (Å²) in [5.41, 5.74) is 1.31. The lowest BCUT2D eigenvalue weighted by molar-refractivity contribution is -0.131. The number of carbonyl (C=O) groups excluding carboxylic acids is 1. The van der Waals surface area contributed by atoms with Gasteiger partial charge in [0.25, 0.3) is 0 Å². The Labute approximate surface area is 114 Å². The maximum Gasteiger partial charge on any atom is 0.223 e. The van der Waals surface area contributed by atoms with E-state index in [0.29, 0.717) is 12.5 Å². The van der Waals surface area contributed by atoms with Crippen LogP contribution in [0.2, 0.25) is 0 Å². The van der Waals surface area contributed by atoms with Crippen LogP contribution in [0.15, 0.2) is 30.3 Å². The Bertz CT molecular complexity index is 416. The fourth-order valence-electron chi connectivity index (χ4n) is 2.26. The van der Waals surface area contributed by atoms with E-state index in [9.17, 15) is 4.79 Å². The molecule has 0 spiro atoms. The summed E-state index contributed by atoms with van der Waals surface area (Å²) >= 11 is 1.91. The van der Waals surface area contributed by atoms with Crippen LogP contribution in [0.25, 0.3) is 0 Å². The van der Waals surface area contributed by atoms with Gasteiger partial charge >= 0.3 is 0 Å². The van der Waals surface area contributed by atoms with Gasteiger partial charge in [0.2, 0.25) is 5.91 Å². The summed E-state index contributed by atoms with van der Waals surface area (Å²) in [4.78, 5) is 14.1. The normalized spacial score (nSPS) is 23.8. The highest BCUT2D eigenvalue weighted by Gasteiger charge is 2.32. The van der Waals surface area contributed by atoms with Crippen LogP contribution in [-0.2, 0) is 11.2 Å². The molecule has 0 aliphatic carbocycles. The number of benzene rings is 1. The molecule has 1 aromatic carbocycles. The molecule has 1 saturated heterocycles. The molecule has 1 aliphatic rings. The van der Waals surface area contributed by atoms with Crippen LogP contribution in [0.1, 0.15) is 25.8 Å². The minimum atomic E-state index is 0.0663. The van der Waals surface area contributed by atoms with Gasteiger partial charge in [0, 0.05) is 30.0 Å². The molecule has 0 radical (unpaired) electrons. The predicted octanol–water partition coefficient (Wildman–Crippen LogP) is 2.97. The summed E-state index contributed by atoms with van der Waals surface area (Å²) in [7, 11) is 1.94. The lowest BCUT2D eigenvalue weighted by Gasteiger charge is -2.25. The van der Waals surface area contributed by atoms with E-state index in [1.54, 1.807) is 0 Å². The van der Waals surface area contributed by atoms with Gasteiger partial charge < -0.3 is 4.90 Å². The Kier molecular flexibility index (Phi) is 4.00. The largest absolute Gasteiger partial charge is 0.342 e. The van der Waals surface area contributed by atoms with Crippen LogP contribution in [0.4, 0.5) is 0 Å². The van der Waals surface area contributed by atoms with E-state index in [2.05, 4.69) is 38.1 Å². The molecule has 98 valence electrons. The molecule has 0 N–H and O–H groups in total. The Balaban J connectivity index is 2.10.